The molecule has 150 valence electrons. The Kier molecular flexibility index (Phi) is 7.79. The van der Waals surface area contributed by atoms with E-state index in [-0.39, 0.29) is 18.0 Å². The van der Waals surface area contributed by atoms with Crippen LogP contribution in [-0.2, 0) is 16.0 Å². The van der Waals surface area contributed by atoms with Gasteiger partial charge in [0.15, 0.2) is 0 Å². The van der Waals surface area contributed by atoms with Crippen molar-refractivity contribution >= 4 is 5.97 Å². The molecule has 1 aliphatic heterocycles. The van der Waals surface area contributed by atoms with Crippen molar-refractivity contribution in [3.05, 3.63) is 35.4 Å². The average molecular weight is 371 g/mol. The summed E-state index contributed by atoms with van der Waals surface area (Å²) in [5, 5.41) is 0. The van der Waals surface area contributed by atoms with Gasteiger partial charge in [-0.1, -0.05) is 57.4 Å². The molecule has 1 aromatic rings. The molecule has 2 aliphatic rings. The Balaban J connectivity index is 1.45. The van der Waals surface area contributed by atoms with Crippen LogP contribution in [0.1, 0.15) is 102 Å². The third-order valence-electron chi connectivity index (χ3n) is 6.85. The van der Waals surface area contributed by atoms with E-state index in [4.69, 9.17) is 4.74 Å². The second-order valence-electron chi connectivity index (χ2n) is 8.84. The van der Waals surface area contributed by atoms with Crippen molar-refractivity contribution in [3.63, 3.8) is 0 Å². The van der Waals surface area contributed by atoms with Gasteiger partial charge in [0.1, 0.15) is 6.10 Å². The smallest absolute Gasteiger partial charge is 0.309 e. The molecule has 2 heteroatoms. The van der Waals surface area contributed by atoms with Crippen LogP contribution >= 0.6 is 0 Å². The highest BCUT2D eigenvalue weighted by Gasteiger charge is 2.37. The minimum atomic E-state index is 0.107. The Morgan fingerprint density at radius 2 is 1.63 bits per heavy atom. The molecule has 1 heterocycles. The zero-order chi connectivity index (χ0) is 19.1. The molecule has 0 amide bonds. The Labute approximate surface area is 166 Å². The summed E-state index contributed by atoms with van der Waals surface area (Å²) in [6.07, 6.45) is 14.3. The lowest BCUT2D eigenvalue weighted by Crippen LogP contribution is -2.36. The van der Waals surface area contributed by atoms with Crippen LogP contribution < -0.4 is 0 Å². The lowest BCUT2D eigenvalue weighted by molar-refractivity contribution is -0.164. The summed E-state index contributed by atoms with van der Waals surface area (Å²) in [5.41, 5.74) is 2.95. The first-order chi connectivity index (χ1) is 13.2. The average Bonchev–Trinajstić information content (AvgIpc) is 2.69. The first kappa shape index (κ1) is 20.4. The predicted octanol–water partition coefficient (Wildman–Crippen LogP) is 6.82. The Hall–Kier alpha value is -1.31. The van der Waals surface area contributed by atoms with Gasteiger partial charge in [-0.3, -0.25) is 4.79 Å². The summed E-state index contributed by atoms with van der Waals surface area (Å²) in [7, 11) is 0. The molecule has 0 radical (unpaired) electrons. The van der Waals surface area contributed by atoms with E-state index >= 15 is 0 Å². The lowest BCUT2D eigenvalue weighted by atomic mass is 9.72. The van der Waals surface area contributed by atoms with Crippen LogP contribution in [0.3, 0.4) is 0 Å². The molecule has 0 N–H and O–H groups in total. The fourth-order valence-corrected chi connectivity index (χ4v) is 5.15. The number of carbonyl (C=O) groups excluding carboxylic acids is 1. The number of benzene rings is 1. The van der Waals surface area contributed by atoms with Crippen molar-refractivity contribution in [1.29, 1.82) is 0 Å². The Morgan fingerprint density at radius 3 is 2.26 bits per heavy atom. The Morgan fingerprint density at radius 1 is 0.889 bits per heavy atom. The van der Waals surface area contributed by atoms with Gasteiger partial charge < -0.3 is 4.74 Å². The van der Waals surface area contributed by atoms with E-state index in [1.54, 1.807) is 0 Å². The van der Waals surface area contributed by atoms with Gasteiger partial charge in [-0.2, -0.15) is 0 Å². The molecule has 27 heavy (non-hydrogen) atoms. The second-order valence-corrected chi connectivity index (χ2v) is 8.84. The van der Waals surface area contributed by atoms with E-state index in [2.05, 4.69) is 38.1 Å². The van der Waals surface area contributed by atoms with E-state index in [9.17, 15) is 4.79 Å². The zero-order valence-corrected chi connectivity index (χ0v) is 17.4. The summed E-state index contributed by atoms with van der Waals surface area (Å²) in [6, 6.07) is 9.29. The standard InChI is InChI=1S/C25H38O2/c1-3-5-6-8-23-17-18-24(25(26)27-23)22-15-13-21(14-16-22)20-11-9-19(7-4-2)10-12-20/h9-12,21-24H,3-8,13-18H2,1-2H3. The number of rotatable bonds is 8. The second kappa shape index (κ2) is 10.3. The highest BCUT2D eigenvalue weighted by atomic mass is 16.5. The highest BCUT2D eigenvalue weighted by Crippen LogP contribution is 2.42. The van der Waals surface area contributed by atoms with Crippen molar-refractivity contribution in [1.82, 2.24) is 0 Å². The molecule has 2 unspecified atom stereocenters. The zero-order valence-electron chi connectivity index (χ0n) is 17.4. The minimum absolute atomic E-state index is 0.107. The van der Waals surface area contributed by atoms with Gasteiger partial charge in [0.2, 0.25) is 0 Å². The molecular weight excluding hydrogens is 332 g/mol. The quantitative estimate of drug-likeness (QED) is 0.371. The van der Waals surface area contributed by atoms with Crippen LogP contribution in [0, 0.1) is 11.8 Å². The maximum atomic E-state index is 12.6. The van der Waals surface area contributed by atoms with Crippen LogP contribution in [0.15, 0.2) is 24.3 Å². The minimum Gasteiger partial charge on any atom is -0.462 e. The fourth-order valence-electron chi connectivity index (χ4n) is 5.15. The number of carbonyl (C=O) groups is 1. The number of aryl methyl sites for hydroxylation is 1. The molecule has 2 fully saturated rings. The summed E-state index contributed by atoms with van der Waals surface area (Å²) >= 11 is 0. The maximum Gasteiger partial charge on any atom is 0.309 e. The molecule has 1 aliphatic carbocycles. The van der Waals surface area contributed by atoms with Gasteiger partial charge in [0, 0.05) is 0 Å². The first-order valence-electron chi connectivity index (χ1n) is 11.5. The van der Waals surface area contributed by atoms with Crippen molar-refractivity contribution in [2.24, 2.45) is 11.8 Å². The van der Waals surface area contributed by atoms with Crippen molar-refractivity contribution in [2.75, 3.05) is 0 Å². The van der Waals surface area contributed by atoms with Crippen LogP contribution in [0.2, 0.25) is 0 Å². The van der Waals surface area contributed by atoms with Gasteiger partial charge >= 0.3 is 5.97 Å². The van der Waals surface area contributed by atoms with Crippen LogP contribution in [0.25, 0.3) is 0 Å². The first-order valence-corrected chi connectivity index (χ1v) is 11.5. The number of unbranched alkanes of at least 4 members (excludes halogenated alkanes) is 2. The van der Waals surface area contributed by atoms with E-state index in [0.29, 0.717) is 11.8 Å². The van der Waals surface area contributed by atoms with Crippen molar-refractivity contribution < 1.29 is 9.53 Å². The Bertz CT molecular complexity index is 568. The van der Waals surface area contributed by atoms with Gasteiger partial charge in [-0.25, -0.2) is 0 Å². The molecule has 2 atom stereocenters. The van der Waals surface area contributed by atoms with Gasteiger partial charge in [-0.15, -0.1) is 0 Å². The molecule has 1 aromatic carbocycles. The largest absolute Gasteiger partial charge is 0.462 e. The monoisotopic (exact) mass is 370 g/mol. The summed E-state index contributed by atoms with van der Waals surface area (Å²) < 4.78 is 5.81. The van der Waals surface area contributed by atoms with E-state index in [1.165, 1.54) is 68.9 Å². The molecule has 0 spiro atoms. The third kappa shape index (κ3) is 5.59. The number of esters is 1. The van der Waals surface area contributed by atoms with E-state index in [0.717, 1.165) is 19.3 Å². The maximum absolute atomic E-state index is 12.6. The van der Waals surface area contributed by atoms with Gasteiger partial charge in [0.25, 0.3) is 0 Å². The molecule has 2 nitrogen and oxygen atoms in total. The molecule has 0 aromatic heterocycles. The molecule has 3 rings (SSSR count). The molecule has 1 saturated carbocycles. The topological polar surface area (TPSA) is 26.3 Å². The number of hydrogen-bond acceptors (Lipinski definition) is 2. The van der Waals surface area contributed by atoms with Gasteiger partial charge in [0.05, 0.1) is 5.92 Å². The number of hydrogen-bond donors (Lipinski definition) is 0. The van der Waals surface area contributed by atoms with Crippen molar-refractivity contribution in [2.45, 2.75) is 103 Å². The molecule has 0 bridgehead atoms. The normalized spacial score (nSPS) is 28.7. The van der Waals surface area contributed by atoms with E-state index < -0.39 is 0 Å². The van der Waals surface area contributed by atoms with Crippen LogP contribution in [-0.4, -0.2) is 12.1 Å². The summed E-state index contributed by atoms with van der Waals surface area (Å²) in [4.78, 5) is 12.6. The summed E-state index contributed by atoms with van der Waals surface area (Å²) in [5.74, 6) is 1.50. The third-order valence-corrected chi connectivity index (χ3v) is 6.85. The molecular formula is C25H38O2. The van der Waals surface area contributed by atoms with Gasteiger partial charge in [-0.05, 0) is 80.8 Å². The lowest BCUT2D eigenvalue weighted by Gasteiger charge is -2.37. The fraction of sp³-hybridized carbons (Fsp3) is 0.720. The highest BCUT2D eigenvalue weighted by molar-refractivity contribution is 5.73. The number of ether oxygens (including phenoxy) is 1. The van der Waals surface area contributed by atoms with Crippen LogP contribution in [0.4, 0.5) is 0 Å². The predicted molar refractivity (Wildman–Crippen MR) is 112 cm³/mol. The van der Waals surface area contributed by atoms with Crippen molar-refractivity contribution in [3.8, 4) is 0 Å². The molecule has 1 saturated heterocycles. The summed E-state index contributed by atoms with van der Waals surface area (Å²) in [6.45, 7) is 4.46. The van der Waals surface area contributed by atoms with E-state index in [1.807, 2.05) is 0 Å². The van der Waals surface area contributed by atoms with Crippen LogP contribution in [0.5, 0.6) is 0 Å². The number of cyclic esters (lactones) is 1. The SMILES string of the molecule is CCCCCC1CCC(C2CCC(c3ccc(CCC)cc3)CC2)C(=O)O1.